The molecule has 2 fully saturated rings. The molecule has 0 unspecified atom stereocenters. The Morgan fingerprint density at radius 2 is 2.10 bits per heavy atom. The van der Waals surface area contributed by atoms with Gasteiger partial charge < -0.3 is 10.4 Å². The number of carbonyl (C=O) groups is 1. The molecule has 1 amide bonds. The van der Waals surface area contributed by atoms with E-state index in [2.05, 4.69) is 5.32 Å². The number of β-amino-alcohol motifs (C(OH)–C–C–N with tert-alkyl or cyclic N) is 1. The molecule has 0 atom stereocenters. The van der Waals surface area contributed by atoms with Crippen molar-refractivity contribution in [3.8, 4) is 0 Å². The summed E-state index contributed by atoms with van der Waals surface area (Å²) in [5, 5.41) is 13.2. The normalized spacial score (nSPS) is 21.4. The summed E-state index contributed by atoms with van der Waals surface area (Å²) >= 11 is 0. The van der Waals surface area contributed by atoms with E-state index < -0.39 is 5.60 Å². The van der Waals surface area contributed by atoms with Gasteiger partial charge in [-0.2, -0.15) is 0 Å². The van der Waals surface area contributed by atoms with E-state index in [-0.39, 0.29) is 5.91 Å². The number of nitrogens with one attached hydrogen (secondary N) is 1. The first-order chi connectivity index (χ1) is 9.46. The van der Waals surface area contributed by atoms with Crippen LogP contribution in [-0.4, -0.2) is 41.1 Å². The Balaban J connectivity index is 1.52. The van der Waals surface area contributed by atoms with Crippen LogP contribution in [0, 0.1) is 19.8 Å². The van der Waals surface area contributed by atoms with Crippen LogP contribution < -0.4 is 5.32 Å². The molecule has 2 N–H and O–H groups in total. The molecule has 0 spiro atoms. The van der Waals surface area contributed by atoms with Gasteiger partial charge in [0.05, 0.1) is 12.1 Å². The van der Waals surface area contributed by atoms with Gasteiger partial charge in [-0.25, -0.2) is 0 Å². The molecule has 1 aromatic carbocycles. The van der Waals surface area contributed by atoms with E-state index in [4.69, 9.17) is 0 Å². The average molecular weight is 274 g/mol. The summed E-state index contributed by atoms with van der Waals surface area (Å²) in [5.41, 5.74) is 2.58. The number of benzene rings is 1. The molecule has 108 valence electrons. The van der Waals surface area contributed by atoms with E-state index in [1.165, 1.54) is 0 Å². The van der Waals surface area contributed by atoms with Crippen molar-refractivity contribution in [2.75, 3.05) is 25.0 Å². The summed E-state index contributed by atoms with van der Waals surface area (Å²) in [5.74, 6) is 0.470. The second-order valence-corrected chi connectivity index (χ2v) is 6.39. The number of rotatable bonds is 4. The van der Waals surface area contributed by atoms with Crippen molar-refractivity contribution in [1.29, 1.82) is 0 Å². The number of amides is 1. The maximum atomic E-state index is 12.0. The Kier molecular flexibility index (Phi) is 3.30. The molecular formula is C16H22N2O2. The molecule has 1 aromatic rings. The quantitative estimate of drug-likeness (QED) is 0.878. The lowest BCUT2D eigenvalue weighted by molar-refractivity contribution is -0.132. The smallest absolute Gasteiger partial charge is 0.238 e. The Morgan fingerprint density at radius 3 is 2.75 bits per heavy atom. The van der Waals surface area contributed by atoms with Crippen molar-refractivity contribution in [3.63, 3.8) is 0 Å². The molecule has 0 aromatic heterocycles. The number of aryl methyl sites for hydroxylation is 2. The van der Waals surface area contributed by atoms with Crippen molar-refractivity contribution < 1.29 is 9.90 Å². The van der Waals surface area contributed by atoms with Crippen LogP contribution in [-0.2, 0) is 4.79 Å². The highest BCUT2D eigenvalue weighted by Gasteiger charge is 2.51. The molecule has 3 rings (SSSR count). The lowest BCUT2D eigenvalue weighted by atomic mass is 9.89. The fourth-order valence-electron chi connectivity index (χ4n) is 2.98. The second kappa shape index (κ2) is 4.86. The number of hydrogen-bond acceptors (Lipinski definition) is 3. The van der Waals surface area contributed by atoms with Crippen LogP contribution in [0.4, 0.5) is 5.69 Å². The Hall–Kier alpha value is -1.39. The Labute approximate surface area is 119 Å². The van der Waals surface area contributed by atoms with Gasteiger partial charge >= 0.3 is 0 Å². The van der Waals surface area contributed by atoms with E-state index in [0.29, 0.717) is 25.6 Å². The zero-order valence-electron chi connectivity index (χ0n) is 12.1. The molecule has 2 aliphatic rings. The first-order valence-corrected chi connectivity index (χ1v) is 7.28. The lowest BCUT2D eigenvalue weighted by Gasteiger charge is -2.46. The van der Waals surface area contributed by atoms with E-state index in [0.717, 1.165) is 29.7 Å². The van der Waals surface area contributed by atoms with Crippen LogP contribution in [0.2, 0.25) is 0 Å². The van der Waals surface area contributed by atoms with Crippen LogP contribution in [0.25, 0.3) is 0 Å². The lowest BCUT2D eigenvalue weighted by Crippen LogP contribution is -2.64. The highest BCUT2D eigenvalue weighted by Crippen LogP contribution is 2.44. The first kappa shape index (κ1) is 13.6. The van der Waals surface area contributed by atoms with Crippen LogP contribution in [0.1, 0.15) is 24.0 Å². The summed E-state index contributed by atoms with van der Waals surface area (Å²) in [7, 11) is 0. The zero-order chi connectivity index (χ0) is 14.3. The summed E-state index contributed by atoms with van der Waals surface area (Å²) < 4.78 is 0. The van der Waals surface area contributed by atoms with Gasteiger partial charge in [0.25, 0.3) is 0 Å². The largest absolute Gasteiger partial charge is 0.387 e. The maximum Gasteiger partial charge on any atom is 0.238 e. The van der Waals surface area contributed by atoms with Gasteiger partial charge in [0.2, 0.25) is 5.91 Å². The third-order valence-corrected chi connectivity index (χ3v) is 4.37. The number of aliphatic hydroxyl groups is 1. The molecule has 0 radical (unpaired) electrons. The predicted octanol–water partition coefficient (Wildman–Crippen LogP) is 1.70. The number of carbonyl (C=O) groups excluding carboxylic acids is 1. The van der Waals surface area contributed by atoms with Gasteiger partial charge in [0.1, 0.15) is 0 Å². The van der Waals surface area contributed by atoms with Crippen molar-refractivity contribution in [2.45, 2.75) is 32.3 Å². The van der Waals surface area contributed by atoms with E-state index in [1.807, 2.05) is 36.9 Å². The third kappa shape index (κ3) is 2.72. The molecule has 1 aliphatic heterocycles. The van der Waals surface area contributed by atoms with Gasteiger partial charge in [0, 0.05) is 18.8 Å². The highest BCUT2D eigenvalue weighted by molar-refractivity contribution is 5.93. The van der Waals surface area contributed by atoms with Gasteiger partial charge in [0.15, 0.2) is 0 Å². The molecule has 4 nitrogen and oxygen atoms in total. The van der Waals surface area contributed by atoms with Crippen LogP contribution in [0.15, 0.2) is 18.2 Å². The summed E-state index contributed by atoms with van der Waals surface area (Å²) in [6.45, 7) is 5.64. The number of hydrogen-bond donors (Lipinski definition) is 2. The highest BCUT2D eigenvalue weighted by atomic mass is 16.3. The summed E-state index contributed by atoms with van der Waals surface area (Å²) in [6, 6.07) is 6.04. The van der Waals surface area contributed by atoms with Crippen molar-refractivity contribution in [2.24, 2.45) is 5.92 Å². The Bertz CT molecular complexity index is 531. The molecule has 1 heterocycles. The maximum absolute atomic E-state index is 12.0. The number of anilines is 1. The van der Waals surface area contributed by atoms with Crippen LogP contribution >= 0.6 is 0 Å². The molecule has 1 saturated carbocycles. The minimum Gasteiger partial charge on any atom is -0.387 e. The fourth-order valence-corrected chi connectivity index (χ4v) is 2.98. The SMILES string of the molecule is Cc1ccc(C)c(NC(=O)CN2CC(O)(C3CC3)C2)c1. The fraction of sp³-hybridized carbons (Fsp3) is 0.562. The van der Waals surface area contributed by atoms with Crippen molar-refractivity contribution in [1.82, 2.24) is 4.90 Å². The van der Waals surface area contributed by atoms with Gasteiger partial charge in [-0.05, 0) is 49.8 Å². The molecule has 4 heteroatoms. The number of likely N-dealkylation sites (tertiary alicyclic amines) is 1. The van der Waals surface area contributed by atoms with Crippen molar-refractivity contribution in [3.05, 3.63) is 29.3 Å². The minimum atomic E-state index is -0.514. The van der Waals surface area contributed by atoms with E-state index >= 15 is 0 Å². The monoisotopic (exact) mass is 274 g/mol. The molecule has 1 saturated heterocycles. The van der Waals surface area contributed by atoms with Crippen molar-refractivity contribution >= 4 is 11.6 Å². The van der Waals surface area contributed by atoms with E-state index in [1.54, 1.807) is 0 Å². The average Bonchev–Trinajstić information content (AvgIpc) is 3.16. The first-order valence-electron chi connectivity index (χ1n) is 7.28. The van der Waals surface area contributed by atoms with E-state index in [9.17, 15) is 9.90 Å². The molecular weight excluding hydrogens is 252 g/mol. The topological polar surface area (TPSA) is 52.6 Å². The predicted molar refractivity (Wildman–Crippen MR) is 78.7 cm³/mol. The van der Waals surface area contributed by atoms with Crippen LogP contribution in [0.3, 0.4) is 0 Å². The number of nitrogens with zero attached hydrogens (tertiary/aromatic N) is 1. The van der Waals surface area contributed by atoms with Gasteiger partial charge in [-0.1, -0.05) is 12.1 Å². The molecule has 1 aliphatic carbocycles. The third-order valence-electron chi connectivity index (χ3n) is 4.37. The Morgan fingerprint density at radius 1 is 1.40 bits per heavy atom. The van der Waals surface area contributed by atoms with Crippen LogP contribution in [0.5, 0.6) is 0 Å². The zero-order valence-corrected chi connectivity index (χ0v) is 12.1. The molecule has 20 heavy (non-hydrogen) atoms. The summed E-state index contributed by atoms with van der Waals surface area (Å²) in [4.78, 5) is 14.1. The minimum absolute atomic E-state index is 0.00320. The summed E-state index contributed by atoms with van der Waals surface area (Å²) in [6.07, 6.45) is 2.28. The standard InChI is InChI=1S/C16H22N2O2/c1-11-3-4-12(2)14(7-11)17-15(19)8-18-9-16(20,10-18)13-5-6-13/h3-4,7,13,20H,5-6,8-10H2,1-2H3,(H,17,19). The second-order valence-electron chi connectivity index (χ2n) is 6.39. The molecule has 0 bridgehead atoms. The van der Waals surface area contributed by atoms with Gasteiger partial charge in [-0.3, -0.25) is 9.69 Å². The van der Waals surface area contributed by atoms with Gasteiger partial charge in [-0.15, -0.1) is 0 Å².